The standard InChI is InChI=1S/C20H30N2O2/c1-13-7-6-8-17(14(13)2)21-18(23)15-9-11-16(12-10-15)19(24)22-20(3,4)5/h6-8,15-16H,9-12H2,1-5H3,(H,21,23)(H,22,24). The van der Waals surface area contributed by atoms with E-state index in [1.807, 2.05) is 52.8 Å². The highest BCUT2D eigenvalue weighted by molar-refractivity contribution is 5.93. The number of hydrogen-bond donors (Lipinski definition) is 2. The zero-order valence-electron chi connectivity index (χ0n) is 15.5. The van der Waals surface area contributed by atoms with Crippen LogP contribution in [0, 0.1) is 25.7 Å². The van der Waals surface area contributed by atoms with E-state index in [4.69, 9.17) is 0 Å². The fraction of sp³-hybridized carbons (Fsp3) is 0.600. The van der Waals surface area contributed by atoms with Gasteiger partial charge < -0.3 is 10.6 Å². The summed E-state index contributed by atoms with van der Waals surface area (Å²) in [6.45, 7) is 10.1. The predicted octanol–water partition coefficient (Wildman–Crippen LogP) is 3.96. The van der Waals surface area contributed by atoms with Crippen LogP contribution in [0.5, 0.6) is 0 Å². The van der Waals surface area contributed by atoms with Crippen LogP contribution < -0.4 is 10.6 Å². The SMILES string of the molecule is Cc1cccc(NC(=O)C2CCC(C(=O)NC(C)(C)C)CC2)c1C. The van der Waals surface area contributed by atoms with Crippen LogP contribution in [0.25, 0.3) is 0 Å². The first-order valence-corrected chi connectivity index (χ1v) is 8.86. The molecule has 0 aliphatic heterocycles. The molecule has 0 saturated heterocycles. The number of amides is 2. The largest absolute Gasteiger partial charge is 0.351 e. The topological polar surface area (TPSA) is 58.2 Å². The average Bonchev–Trinajstić information content (AvgIpc) is 2.50. The number of benzene rings is 1. The van der Waals surface area contributed by atoms with Crippen molar-refractivity contribution >= 4 is 17.5 Å². The molecular weight excluding hydrogens is 300 g/mol. The summed E-state index contributed by atoms with van der Waals surface area (Å²) in [5.41, 5.74) is 2.99. The maximum absolute atomic E-state index is 12.5. The fourth-order valence-corrected chi connectivity index (χ4v) is 3.21. The molecule has 132 valence electrons. The minimum absolute atomic E-state index is 0.00333. The van der Waals surface area contributed by atoms with Crippen molar-refractivity contribution in [1.29, 1.82) is 0 Å². The fourth-order valence-electron chi connectivity index (χ4n) is 3.21. The Morgan fingerprint density at radius 1 is 0.958 bits per heavy atom. The molecule has 1 fully saturated rings. The summed E-state index contributed by atoms with van der Waals surface area (Å²) in [7, 11) is 0. The van der Waals surface area contributed by atoms with Crippen molar-refractivity contribution in [3.8, 4) is 0 Å². The first-order valence-electron chi connectivity index (χ1n) is 8.86. The minimum atomic E-state index is -0.200. The van der Waals surface area contributed by atoms with E-state index in [2.05, 4.69) is 10.6 Å². The second-order valence-corrected chi connectivity index (χ2v) is 8.02. The second-order valence-electron chi connectivity index (χ2n) is 8.02. The molecule has 2 amide bonds. The van der Waals surface area contributed by atoms with Gasteiger partial charge in [0.25, 0.3) is 0 Å². The lowest BCUT2D eigenvalue weighted by atomic mass is 9.80. The zero-order chi connectivity index (χ0) is 17.9. The maximum Gasteiger partial charge on any atom is 0.227 e. The van der Waals surface area contributed by atoms with E-state index < -0.39 is 0 Å². The van der Waals surface area contributed by atoms with Crippen LogP contribution in [-0.4, -0.2) is 17.4 Å². The molecule has 0 atom stereocenters. The highest BCUT2D eigenvalue weighted by Gasteiger charge is 2.31. The van der Waals surface area contributed by atoms with Crippen molar-refractivity contribution in [3.63, 3.8) is 0 Å². The van der Waals surface area contributed by atoms with Gasteiger partial charge in [-0.2, -0.15) is 0 Å². The molecule has 0 unspecified atom stereocenters. The third kappa shape index (κ3) is 4.83. The van der Waals surface area contributed by atoms with E-state index in [0.717, 1.165) is 36.9 Å². The quantitative estimate of drug-likeness (QED) is 0.881. The van der Waals surface area contributed by atoms with Crippen molar-refractivity contribution in [1.82, 2.24) is 5.32 Å². The summed E-state index contributed by atoms with van der Waals surface area (Å²) in [5, 5.41) is 6.11. The van der Waals surface area contributed by atoms with Crippen molar-refractivity contribution in [2.75, 3.05) is 5.32 Å². The van der Waals surface area contributed by atoms with E-state index in [9.17, 15) is 9.59 Å². The van der Waals surface area contributed by atoms with Gasteiger partial charge in [0, 0.05) is 23.1 Å². The van der Waals surface area contributed by atoms with Crippen molar-refractivity contribution in [3.05, 3.63) is 29.3 Å². The van der Waals surface area contributed by atoms with Crippen LogP contribution in [0.1, 0.15) is 57.6 Å². The molecule has 2 rings (SSSR count). The Balaban J connectivity index is 1.89. The molecule has 0 heterocycles. The van der Waals surface area contributed by atoms with E-state index in [1.54, 1.807) is 0 Å². The Bertz CT molecular complexity index is 609. The molecule has 1 saturated carbocycles. The van der Waals surface area contributed by atoms with Crippen LogP contribution in [0.3, 0.4) is 0 Å². The third-order valence-corrected chi connectivity index (χ3v) is 4.83. The molecule has 0 radical (unpaired) electrons. The van der Waals surface area contributed by atoms with Gasteiger partial charge in [0.05, 0.1) is 0 Å². The van der Waals surface area contributed by atoms with Crippen molar-refractivity contribution < 1.29 is 9.59 Å². The van der Waals surface area contributed by atoms with Crippen LogP contribution in [-0.2, 0) is 9.59 Å². The van der Waals surface area contributed by atoms with Gasteiger partial charge >= 0.3 is 0 Å². The van der Waals surface area contributed by atoms with Gasteiger partial charge in [0.15, 0.2) is 0 Å². The highest BCUT2D eigenvalue weighted by Crippen LogP contribution is 2.30. The molecule has 4 heteroatoms. The second kappa shape index (κ2) is 7.37. The van der Waals surface area contributed by atoms with Gasteiger partial charge in [0.2, 0.25) is 11.8 Å². The Morgan fingerprint density at radius 3 is 2.04 bits per heavy atom. The van der Waals surface area contributed by atoms with Crippen LogP contribution in [0.4, 0.5) is 5.69 Å². The molecule has 0 spiro atoms. The van der Waals surface area contributed by atoms with Gasteiger partial charge in [-0.1, -0.05) is 12.1 Å². The number of aryl methyl sites for hydroxylation is 1. The summed E-state index contributed by atoms with van der Waals surface area (Å²) >= 11 is 0. The van der Waals surface area contributed by atoms with E-state index in [-0.39, 0.29) is 29.2 Å². The summed E-state index contributed by atoms with van der Waals surface area (Å²) in [5.74, 6) is 0.242. The number of carbonyl (C=O) groups is 2. The van der Waals surface area contributed by atoms with Gasteiger partial charge in [-0.15, -0.1) is 0 Å². The predicted molar refractivity (Wildman–Crippen MR) is 97.9 cm³/mol. The zero-order valence-corrected chi connectivity index (χ0v) is 15.5. The first kappa shape index (κ1) is 18.5. The molecule has 1 aromatic carbocycles. The molecule has 24 heavy (non-hydrogen) atoms. The first-order chi connectivity index (χ1) is 11.2. The average molecular weight is 330 g/mol. The summed E-state index contributed by atoms with van der Waals surface area (Å²) < 4.78 is 0. The lowest BCUT2D eigenvalue weighted by Crippen LogP contribution is -2.45. The molecule has 0 aromatic heterocycles. The summed E-state index contributed by atoms with van der Waals surface area (Å²) in [6.07, 6.45) is 3.12. The molecule has 1 aliphatic rings. The minimum Gasteiger partial charge on any atom is -0.351 e. The maximum atomic E-state index is 12.5. The van der Waals surface area contributed by atoms with E-state index in [1.165, 1.54) is 5.56 Å². The summed E-state index contributed by atoms with van der Waals surface area (Å²) in [4.78, 5) is 24.8. The molecule has 1 aliphatic carbocycles. The van der Waals surface area contributed by atoms with Crippen LogP contribution in [0.15, 0.2) is 18.2 Å². The Labute approximate surface area is 145 Å². The van der Waals surface area contributed by atoms with Gasteiger partial charge in [-0.25, -0.2) is 0 Å². The Kier molecular flexibility index (Phi) is 5.68. The Morgan fingerprint density at radius 2 is 1.50 bits per heavy atom. The molecular formula is C20H30N2O2. The van der Waals surface area contributed by atoms with E-state index >= 15 is 0 Å². The number of hydrogen-bond acceptors (Lipinski definition) is 2. The van der Waals surface area contributed by atoms with Crippen molar-refractivity contribution in [2.45, 2.75) is 65.8 Å². The number of rotatable bonds is 3. The summed E-state index contributed by atoms with van der Waals surface area (Å²) in [6, 6.07) is 5.96. The van der Waals surface area contributed by atoms with Gasteiger partial charge in [-0.3, -0.25) is 9.59 Å². The van der Waals surface area contributed by atoms with Crippen LogP contribution >= 0.6 is 0 Å². The van der Waals surface area contributed by atoms with Crippen molar-refractivity contribution in [2.24, 2.45) is 11.8 Å². The van der Waals surface area contributed by atoms with E-state index in [0.29, 0.717) is 0 Å². The number of anilines is 1. The highest BCUT2D eigenvalue weighted by atomic mass is 16.2. The monoisotopic (exact) mass is 330 g/mol. The number of carbonyl (C=O) groups excluding carboxylic acids is 2. The van der Waals surface area contributed by atoms with Crippen LogP contribution in [0.2, 0.25) is 0 Å². The molecule has 4 nitrogen and oxygen atoms in total. The molecule has 0 bridgehead atoms. The number of nitrogens with one attached hydrogen (secondary N) is 2. The normalized spacial score (nSPS) is 21.2. The van der Waals surface area contributed by atoms with Gasteiger partial charge in [-0.05, 0) is 77.5 Å². The lowest BCUT2D eigenvalue weighted by molar-refractivity contribution is -0.129. The lowest BCUT2D eigenvalue weighted by Gasteiger charge is -2.30. The molecule has 2 N–H and O–H groups in total. The molecule has 1 aromatic rings. The smallest absolute Gasteiger partial charge is 0.227 e. The Hall–Kier alpha value is -1.84. The third-order valence-electron chi connectivity index (χ3n) is 4.83. The van der Waals surface area contributed by atoms with Gasteiger partial charge in [0.1, 0.15) is 0 Å².